The van der Waals surface area contributed by atoms with E-state index in [9.17, 15) is 4.79 Å². The van der Waals surface area contributed by atoms with Crippen molar-refractivity contribution in [3.63, 3.8) is 0 Å². The van der Waals surface area contributed by atoms with E-state index >= 15 is 0 Å². The van der Waals surface area contributed by atoms with E-state index < -0.39 is 0 Å². The summed E-state index contributed by atoms with van der Waals surface area (Å²) in [5.41, 5.74) is 5.07. The average Bonchev–Trinajstić information content (AvgIpc) is 2.82. The molecule has 0 aliphatic carbocycles. The summed E-state index contributed by atoms with van der Waals surface area (Å²) in [6.45, 7) is 0.547. The van der Waals surface area contributed by atoms with Crippen molar-refractivity contribution < 1.29 is 9.53 Å². The molecule has 6 nitrogen and oxygen atoms in total. The summed E-state index contributed by atoms with van der Waals surface area (Å²) in [7, 11) is 3.78. The van der Waals surface area contributed by atoms with Crippen LogP contribution in [0.5, 0.6) is 5.75 Å². The van der Waals surface area contributed by atoms with Crippen LogP contribution in [0.15, 0.2) is 60.9 Å². The van der Waals surface area contributed by atoms with E-state index in [2.05, 4.69) is 15.3 Å². The molecule has 2 aromatic heterocycles. The van der Waals surface area contributed by atoms with E-state index in [0.717, 1.165) is 22.4 Å². The normalized spacial score (nSPS) is 14.9. The molecule has 1 N–H and O–H groups in total. The van der Waals surface area contributed by atoms with Gasteiger partial charge >= 0.3 is 0 Å². The molecule has 34 heavy (non-hydrogen) atoms. The Hall–Kier alpha value is -3.35. The summed E-state index contributed by atoms with van der Waals surface area (Å²) in [6.07, 6.45) is 4.01. The van der Waals surface area contributed by atoms with Gasteiger partial charge in [0.15, 0.2) is 0 Å². The number of anilines is 1. The van der Waals surface area contributed by atoms with Crippen LogP contribution >= 0.6 is 23.2 Å². The van der Waals surface area contributed by atoms with Crippen LogP contribution in [0, 0.1) is 0 Å². The summed E-state index contributed by atoms with van der Waals surface area (Å²) in [6, 6.07) is 14.9. The van der Waals surface area contributed by atoms with Gasteiger partial charge in [0.05, 0.1) is 29.4 Å². The highest BCUT2D eigenvalue weighted by molar-refractivity contribution is 6.35. The lowest BCUT2D eigenvalue weighted by Gasteiger charge is -2.27. The number of hydrogen-bond acceptors (Lipinski definition) is 5. The molecule has 0 spiro atoms. The van der Waals surface area contributed by atoms with Crippen molar-refractivity contribution in [3.05, 3.63) is 82.1 Å². The van der Waals surface area contributed by atoms with Gasteiger partial charge in [0.1, 0.15) is 11.3 Å². The molecule has 2 aromatic carbocycles. The smallest absolute Gasteiger partial charge is 0.255 e. The topological polar surface area (TPSA) is 67.4 Å². The molecule has 0 fully saturated rings. The lowest BCUT2D eigenvalue weighted by atomic mass is 9.99. The van der Waals surface area contributed by atoms with Crippen LogP contribution in [0.2, 0.25) is 10.0 Å². The molecule has 0 saturated heterocycles. The molecule has 0 bridgehead atoms. The Balaban J connectivity index is 1.58. The Morgan fingerprint density at radius 2 is 1.82 bits per heavy atom. The number of nitrogens with zero attached hydrogens (tertiary/aromatic N) is 3. The first-order valence-corrected chi connectivity index (χ1v) is 11.6. The quantitative estimate of drug-likeness (QED) is 0.382. The minimum atomic E-state index is -0.210. The van der Waals surface area contributed by atoms with Crippen molar-refractivity contribution in [3.8, 4) is 16.9 Å². The molecule has 8 heteroatoms. The molecule has 0 radical (unpaired) electrons. The van der Waals surface area contributed by atoms with Gasteiger partial charge < -0.3 is 15.0 Å². The van der Waals surface area contributed by atoms with Gasteiger partial charge in [-0.2, -0.15) is 0 Å². The number of nitrogens with one attached hydrogen (secondary N) is 1. The third-order valence-corrected chi connectivity index (χ3v) is 6.29. The van der Waals surface area contributed by atoms with E-state index in [1.165, 1.54) is 0 Å². The Morgan fingerprint density at radius 3 is 2.59 bits per heavy atom. The van der Waals surface area contributed by atoms with Crippen LogP contribution in [0.25, 0.3) is 22.2 Å². The zero-order chi connectivity index (χ0) is 23.8. The number of carbonyl (C=O) groups excluding carboxylic acids is 1. The predicted octanol–water partition coefficient (Wildman–Crippen LogP) is 5.92. The summed E-state index contributed by atoms with van der Waals surface area (Å²) in [4.78, 5) is 24.6. The molecule has 5 rings (SSSR count). The largest absolute Gasteiger partial charge is 0.493 e. The number of aromatic nitrogens is 2. The van der Waals surface area contributed by atoms with Crippen LogP contribution < -0.4 is 15.0 Å². The lowest BCUT2D eigenvalue weighted by molar-refractivity contribution is 0.0925. The van der Waals surface area contributed by atoms with E-state index in [1.54, 1.807) is 18.5 Å². The number of amides is 1. The Bertz CT molecular complexity index is 1390. The van der Waals surface area contributed by atoms with Crippen molar-refractivity contribution in [1.82, 2.24) is 15.3 Å². The van der Waals surface area contributed by atoms with Gasteiger partial charge in [-0.3, -0.25) is 14.8 Å². The third kappa shape index (κ3) is 4.15. The second-order valence-electron chi connectivity index (χ2n) is 8.33. The summed E-state index contributed by atoms with van der Waals surface area (Å²) in [5.74, 6) is 0.591. The monoisotopic (exact) mass is 492 g/mol. The fourth-order valence-corrected chi connectivity index (χ4v) is 4.89. The summed E-state index contributed by atoms with van der Waals surface area (Å²) < 4.78 is 5.73. The number of benzene rings is 2. The molecule has 1 atom stereocenters. The van der Waals surface area contributed by atoms with Crippen LogP contribution in [-0.4, -0.2) is 36.6 Å². The molecular formula is C26H22Cl2N4O2. The first-order valence-electron chi connectivity index (χ1n) is 10.9. The van der Waals surface area contributed by atoms with Gasteiger partial charge in [-0.1, -0.05) is 41.4 Å². The number of rotatable bonds is 4. The van der Waals surface area contributed by atoms with Gasteiger partial charge in [-0.15, -0.1) is 0 Å². The van der Waals surface area contributed by atoms with Gasteiger partial charge in [0.2, 0.25) is 0 Å². The lowest BCUT2D eigenvalue weighted by Crippen LogP contribution is -2.33. The molecule has 1 aliphatic rings. The third-order valence-electron chi connectivity index (χ3n) is 5.86. The van der Waals surface area contributed by atoms with Crippen molar-refractivity contribution in [2.75, 3.05) is 25.6 Å². The number of halogens is 2. The summed E-state index contributed by atoms with van der Waals surface area (Å²) in [5, 5.41) is 4.23. The maximum atomic E-state index is 13.5. The van der Waals surface area contributed by atoms with E-state index in [4.69, 9.17) is 27.9 Å². The van der Waals surface area contributed by atoms with Crippen LogP contribution in [0.4, 0.5) is 5.69 Å². The predicted molar refractivity (Wildman–Crippen MR) is 136 cm³/mol. The van der Waals surface area contributed by atoms with E-state index in [1.807, 2.05) is 61.5 Å². The molecule has 3 heterocycles. The molecule has 0 unspecified atom stereocenters. The molecule has 1 amide bonds. The second kappa shape index (κ2) is 9.12. The average molecular weight is 493 g/mol. The minimum absolute atomic E-state index is 0.143. The maximum Gasteiger partial charge on any atom is 0.255 e. The van der Waals surface area contributed by atoms with Crippen molar-refractivity contribution in [1.29, 1.82) is 0 Å². The fraction of sp³-hybridized carbons (Fsp3) is 0.192. The minimum Gasteiger partial charge on any atom is -0.493 e. The number of fused-ring (bicyclic) bond motifs is 2. The molecule has 172 valence electrons. The number of para-hydroxylation sites is 1. The van der Waals surface area contributed by atoms with Crippen LogP contribution in [0.1, 0.15) is 28.4 Å². The van der Waals surface area contributed by atoms with Crippen molar-refractivity contribution in [2.24, 2.45) is 0 Å². The van der Waals surface area contributed by atoms with Crippen LogP contribution in [0.3, 0.4) is 0 Å². The molecule has 1 aliphatic heterocycles. The molecule has 4 aromatic rings. The highest BCUT2D eigenvalue weighted by Gasteiger charge is 2.26. The zero-order valence-electron chi connectivity index (χ0n) is 18.7. The number of carbonyl (C=O) groups is 1. The first-order chi connectivity index (χ1) is 16.4. The van der Waals surface area contributed by atoms with Gasteiger partial charge in [-0.25, -0.2) is 0 Å². The van der Waals surface area contributed by atoms with Gasteiger partial charge in [0, 0.05) is 54.1 Å². The second-order valence-corrected chi connectivity index (χ2v) is 9.20. The van der Waals surface area contributed by atoms with E-state index in [0.29, 0.717) is 45.4 Å². The highest BCUT2D eigenvalue weighted by atomic mass is 35.5. The Morgan fingerprint density at radius 1 is 1.06 bits per heavy atom. The standard InChI is InChI=1S/C26H22Cl2N4O2/c1-32(2)25-20(26(33)31-21-8-10-34-22-6-4-3-5-19(21)22)14-30-23-18(7-9-29-24(23)25)15-11-16(27)13-17(28)12-15/h3-7,9,11-14,21H,8,10H2,1-2H3,(H,31,33)/t21-/m0/s1. The number of pyridine rings is 2. The first kappa shape index (κ1) is 22.4. The van der Waals surface area contributed by atoms with Crippen molar-refractivity contribution in [2.45, 2.75) is 12.5 Å². The number of ether oxygens (including phenoxy) is 1. The molecular weight excluding hydrogens is 471 g/mol. The fourth-order valence-electron chi connectivity index (χ4n) is 4.36. The number of hydrogen-bond donors (Lipinski definition) is 1. The highest BCUT2D eigenvalue weighted by Crippen LogP contribution is 2.36. The SMILES string of the molecule is CN(C)c1c(C(=O)N[C@H]2CCOc3ccccc32)cnc2c(-c3cc(Cl)cc(Cl)c3)ccnc12. The summed E-state index contributed by atoms with van der Waals surface area (Å²) >= 11 is 12.5. The molecule has 0 saturated carbocycles. The van der Waals surface area contributed by atoms with Gasteiger partial charge in [-0.05, 0) is 35.9 Å². The van der Waals surface area contributed by atoms with Crippen molar-refractivity contribution >= 4 is 45.8 Å². The Kier molecular flexibility index (Phi) is 6.02. The zero-order valence-corrected chi connectivity index (χ0v) is 20.2. The van der Waals surface area contributed by atoms with Crippen LogP contribution in [-0.2, 0) is 0 Å². The maximum absolute atomic E-state index is 13.5. The van der Waals surface area contributed by atoms with Gasteiger partial charge in [0.25, 0.3) is 5.91 Å². The Labute approximate surface area is 207 Å². The van der Waals surface area contributed by atoms with E-state index in [-0.39, 0.29) is 11.9 Å².